The molecule has 0 N–H and O–H groups in total. The van der Waals surface area contributed by atoms with Crippen LogP contribution in [0.2, 0.25) is 0 Å². The van der Waals surface area contributed by atoms with Crippen LogP contribution in [0.3, 0.4) is 0 Å². The predicted molar refractivity (Wildman–Crippen MR) is 123 cm³/mol. The SMILES string of the molecule is C=C(C)[C@@H]1CC=C(C)/C(=N/N=C2\S/C(=C\C(=O)OC)C(=O)N2/C(=C/C(=O)OC)C(=O)OC)C1. The van der Waals surface area contributed by atoms with Gasteiger partial charge in [-0.25, -0.2) is 19.3 Å². The molecule has 176 valence electrons. The predicted octanol–water partition coefficient (Wildman–Crippen LogP) is 2.49. The van der Waals surface area contributed by atoms with E-state index < -0.39 is 29.5 Å². The van der Waals surface area contributed by atoms with Gasteiger partial charge in [0, 0.05) is 6.08 Å². The van der Waals surface area contributed by atoms with Crippen LogP contribution in [0.25, 0.3) is 0 Å². The van der Waals surface area contributed by atoms with E-state index >= 15 is 0 Å². The summed E-state index contributed by atoms with van der Waals surface area (Å²) in [6.07, 6.45) is 5.25. The molecule has 11 heteroatoms. The van der Waals surface area contributed by atoms with Crippen molar-refractivity contribution in [2.75, 3.05) is 21.3 Å². The first-order valence-electron chi connectivity index (χ1n) is 9.79. The van der Waals surface area contributed by atoms with Crippen molar-refractivity contribution >= 4 is 46.5 Å². The van der Waals surface area contributed by atoms with Crippen LogP contribution in [-0.4, -0.2) is 60.9 Å². The third-order valence-corrected chi connectivity index (χ3v) is 5.86. The van der Waals surface area contributed by atoms with Crippen molar-refractivity contribution in [3.05, 3.63) is 46.6 Å². The normalized spacial score (nSPS) is 22.5. The Labute approximate surface area is 195 Å². The number of methoxy groups -OCH3 is 3. The van der Waals surface area contributed by atoms with Crippen molar-refractivity contribution in [1.82, 2.24) is 4.90 Å². The van der Waals surface area contributed by atoms with Crippen LogP contribution in [-0.2, 0) is 33.4 Å². The van der Waals surface area contributed by atoms with Crippen LogP contribution in [0.1, 0.15) is 26.7 Å². The summed E-state index contributed by atoms with van der Waals surface area (Å²) in [4.78, 5) is 49.7. The Bertz CT molecular complexity index is 1040. The highest BCUT2D eigenvalue weighted by molar-refractivity contribution is 8.18. The number of rotatable bonds is 6. The minimum Gasteiger partial charge on any atom is -0.466 e. The second-order valence-electron chi connectivity index (χ2n) is 7.12. The zero-order chi connectivity index (χ0) is 24.7. The number of hydrogen-bond donors (Lipinski definition) is 0. The topological polar surface area (TPSA) is 124 Å². The first kappa shape index (κ1) is 25.8. The highest BCUT2D eigenvalue weighted by Gasteiger charge is 2.40. The minimum absolute atomic E-state index is 0.0477. The van der Waals surface area contributed by atoms with E-state index in [1.165, 1.54) is 0 Å². The molecule has 0 aromatic rings. The Hall–Kier alpha value is -3.47. The smallest absolute Gasteiger partial charge is 0.355 e. The van der Waals surface area contributed by atoms with Crippen LogP contribution in [0, 0.1) is 5.92 Å². The van der Waals surface area contributed by atoms with E-state index in [0.717, 1.165) is 67.7 Å². The molecule has 0 bridgehead atoms. The molecular formula is C22H25N3O7S. The number of amides is 1. The molecule has 1 fully saturated rings. The molecule has 1 amide bonds. The van der Waals surface area contributed by atoms with Crippen LogP contribution in [0.4, 0.5) is 0 Å². The molecule has 1 aliphatic heterocycles. The second kappa shape index (κ2) is 11.4. The van der Waals surface area contributed by atoms with Gasteiger partial charge in [0.15, 0.2) is 0 Å². The molecular weight excluding hydrogens is 450 g/mol. The van der Waals surface area contributed by atoms with Crippen LogP contribution in [0.15, 0.2) is 56.8 Å². The Morgan fingerprint density at radius 1 is 1.15 bits per heavy atom. The van der Waals surface area contributed by atoms with Gasteiger partial charge in [0.2, 0.25) is 5.17 Å². The second-order valence-corrected chi connectivity index (χ2v) is 8.13. The number of thioether (sulfide) groups is 1. The number of esters is 3. The van der Waals surface area contributed by atoms with Crippen molar-refractivity contribution in [1.29, 1.82) is 0 Å². The highest BCUT2D eigenvalue weighted by Crippen LogP contribution is 2.35. The van der Waals surface area contributed by atoms with Gasteiger partial charge in [-0.3, -0.25) is 4.79 Å². The summed E-state index contributed by atoms with van der Waals surface area (Å²) in [7, 11) is 3.38. The number of allylic oxidation sites excluding steroid dienone is 3. The van der Waals surface area contributed by atoms with Crippen LogP contribution in [0.5, 0.6) is 0 Å². The summed E-state index contributed by atoms with van der Waals surface area (Å²) in [6.45, 7) is 7.85. The molecule has 1 aliphatic carbocycles. The fourth-order valence-corrected chi connectivity index (χ4v) is 3.81. The summed E-state index contributed by atoms with van der Waals surface area (Å²) in [5, 5.41) is 8.44. The maximum absolute atomic E-state index is 13.0. The fraction of sp³-hybridized carbons (Fsp3) is 0.364. The van der Waals surface area contributed by atoms with E-state index in [9.17, 15) is 19.2 Å². The molecule has 0 radical (unpaired) electrons. The largest absolute Gasteiger partial charge is 0.466 e. The average molecular weight is 476 g/mol. The number of nitrogens with zero attached hydrogens (tertiary/aromatic N) is 3. The lowest BCUT2D eigenvalue weighted by molar-refractivity contribution is -0.140. The number of hydrogen-bond acceptors (Lipinski definition) is 10. The van der Waals surface area contributed by atoms with Crippen molar-refractivity contribution in [3.63, 3.8) is 0 Å². The Balaban J connectivity index is 2.59. The summed E-state index contributed by atoms with van der Waals surface area (Å²) >= 11 is 0.800. The standard InChI is InChI=1S/C22H25N3O7S/c1-12(2)14-8-7-13(3)15(9-14)23-24-22-25(16(21(29)32-6)10-18(26)30-4)20(28)17(33-22)11-19(27)31-5/h7,10-11,14H,1,8-9H2,2-6H3/b16-10+,17-11-,23-15+,24-22-/t14-/m1/s1. The van der Waals surface area contributed by atoms with E-state index in [1.54, 1.807) is 0 Å². The van der Waals surface area contributed by atoms with Gasteiger partial charge >= 0.3 is 17.9 Å². The molecule has 0 aromatic carbocycles. The summed E-state index contributed by atoms with van der Waals surface area (Å²) in [6, 6.07) is 0. The molecule has 10 nitrogen and oxygen atoms in total. The summed E-state index contributed by atoms with van der Waals surface area (Å²) in [5.41, 5.74) is 2.20. The lowest BCUT2D eigenvalue weighted by atomic mass is 9.85. The van der Waals surface area contributed by atoms with Gasteiger partial charge in [-0.2, -0.15) is 5.10 Å². The van der Waals surface area contributed by atoms with Gasteiger partial charge in [-0.05, 0) is 49.9 Å². The van der Waals surface area contributed by atoms with Crippen molar-refractivity contribution in [3.8, 4) is 0 Å². The highest BCUT2D eigenvalue weighted by atomic mass is 32.2. The zero-order valence-corrected chi connectivity index (χ0v) is 19.9. The molecule has 1 saturated heterocycles. The average Bonchev–Trinajstić information content (AvgIpc) is 3.10. The Morgan fingerprint density at radius 2 is 1.82 bits per heavy atom. The van der Waals surface area contributed by atoms with Gasteiger partial charge < -0.3 is 14.2 Å². The lowest BCUT2D eigenvalue weighted by Crippen LogP contribution is -2.33. The molecule has 0 unspecified atom stereocenters. The van der Waals surface area contributed by atoms with Crippen molar-refractivity contribution in [2.45, 2.75) is 26.7 Å². The van der Waals surface area contributed by atoms with Gasteiger partial charge in [0.1, 0.15) is 5.70 Å². The van der Waals surface area contributed by atoms with Crippen molar-refractivity contribution < 1.29 is 33.4 Å². The molecule has 0 spiro atoms. The van der Waals surface area contributed by atoms with E-state index in [4.69, 9.17) is 4.74 Å². The molecule has 2 aliphatic rings. The summed E-state index contributed by atoms with van der Waals surface area (Å²) in [5.74, 6) is -3.21. The molecule has 1 atom stereocenters. The third-order valence-electron chi connectivity index (χ3n) is 4.90. The fourth-order valence-electron chi connectivity index (χ4n) is 2.92. The Morgan fingerprint density at radius 3 is 2.39 bits per heavy atom. The maximum Gasteiger partial charge on any atom is 0.355 e. The molecule has 33 heavy (non-hydrogen) atoms. The molecule has 0 saturated carbocycles. The van der Waals surface area contributed by atoms with Gasteiger partial charge in [0.25, 0.3) is 5.91 Å². The van der Waals surface area contributed by atoms with Gasteiger partial charge in [-0.1, -0.05) is 18.2 Å². The lowest BCUT2D eigenvalue weighted by Gasteiger charge is -2.21. The first-order valence-corrected chi connectivity index (χ1v) is 10.6. The third kappa shape index (κ3) is 6.28. The number of amidine groups is 1. The van der Waals surface area contributed by atoms with E-state index in [2.05, 4.69) is 26.3 Å². The van der Waals surface area contributed by atoms with E-state index in [-0.39, 0.29) is 16.0 Å². The molecule has 1 heterocycles. The summed E-state index contributed by atoms with van der Waals surface area (Å²) < 4.78 is 13.9. The monoisotopic (exact) mass is 475 g/mol. The molecule has 2 rings (SSSR count). The Kier molecular flexibility index (Phi) is 8.92. The minimum atomic E-state index is -0.981. The van der Waals surface area contributed by atoms with Gasteiger partial charge in [-0.15, -0.1) is 5.10 Å². The van der Waals surface area contributed by atoms with E-state index in [1.807, 2.05) is 19.9 Å². The molecule has 0 aromatic heterocycles. The number of carbonyl (C=O) groups is 4. The van der Waals surface area contributed by atoms with Gasteiger partial charge in [0.05, 0.1) is 38.0 Å². The van der Waals surface area contributed by atoms with E-state index in [0.29, 0.717) is 12.1 Å². The zero-order valence-electron chi connectivity index (χ0n) is 19.0. The quantitative estimate of drug-likeness (QED) is 0.189. The maximum atomic E-state index is 13.0. The number of ether oxygens (including phenoxy) is 3. The first-order chi connectivity index (χ1) is 15.6. The van der Waals surface area contributed by atoms with Crippen LogP contribution >= 0.6 is 11.8 Å². The van der Waals surface area contributed by atoms with Crippen LogP contribution < -0.4 is 0 Å². The number of carbonyl (C=O) groups excluding carboxylic acids is 4. The van der Waals surface area contributed by atoms with Crippen molar-refractivity contribution in [2.24, 2.45) is 16.1 Å².